The van der Waals surface area contributed by atoms with E-state index < -0.39 is 17.7 Å². The minimum absolute atomic E-state index is 0.230. The van der Waals surface area contributed by atoms with Crippen LogP contribution in [0.25, 0.3) is 11.3 Å². The smallest absolute Gasteiger partial charge is 0.340 e. The Morgan fingerprint density at radius 2 is 1.87 bits per heavy atom. The number of nitrogens with zero attached hydrogens (tertiary/aromatic N) is 2. The number of alkyl halides is 5. The maximum Gasteiger partial charge on any atom is 0.417 e. The zero-order valence-corrected chi connectivity index (χ0v) is 17.3. The highest BCUT2D eigenvalue weighted by molar-refractivity contribution is 6.31. The van der Waals surface area contributed by atoms with Gasteiger partial charge in [-0.1, -0.05) is 23.7 Å². The standard InChI is InChI=1S/C22H19ClF5N3/c1-12-8-14(18-19(23)31-20(30-18)15-9-21(24,25)10-15)3-2-13(12)4-6-17-7-5-16(11-29-17)22(26,27)28/h2-3,5,7-8,11,15H,4,6,9-10H2,1H3,(H,30,31). The van der Waals surface area contributed by atoms with Gasteiger partial charge >= 0.3 is 6.18 Å². The summed E-state index contributed by atoms with van der Waals surface area (Å²) < 4.78 is 64.2. The molecule has 4 rings (SSSR count). The number of H-pyrrole nitrogens is 1. The normalized spacial score (nSPS) is 16.4. The van der Waals surface area contributed by atoms with E-state index in [9.17, 15) is 22.0 Å². The lowest BCUT2D eigenvalue weighted by atomic mass is 9.81. The molecule has 9 heteroatoms. The van der Waals surface area contributed by atoms with Crippen molar-refractivity contribution in [2.45, 2.75) is 50.6 Å². The van der Waals surface area contributed by atoms with E-state index in [0.717, 1.165) is 29.0 Å². The predicted molar refractivity (Wildman–Crippen MR) is 107 cm³/mol. The lowest BCUT2D eigenvalue weighted by Gasteiger charge is -2.33. The third-order valence-electron chi connectivity index (χ3n) is 5.59. The Labute approximate surface area is 180 Å². The predicted octanol–water partition coefficient (Wildman–Crippen LogP) is 6.75. The van der Waals surface area contributed by atoms with Crippen molar-refractivity contribution >= 4 is 11.6 Å². The van der Waals surface area contributed by atoms with Crippen molar-refractivity contribution in [1.29, 1.82) is 0 Å². The number of rotatable bonds is 5. The number of imidazole rings is 1. The van der Waals surface area contributed by atoms with E-state index in [4.69, 9.17) is 11.6 Å². The maximum absolute atomic E-state index is 13.1. The Balaban J connectivity index is 1.44. The summed E-state index contributed by atoms with van der Waals surface area (Å²) in [6.07, 6.45) is -2.89. The summed E-state index contributed by atoms with van der Waals surface area (Å²) in [5.74, 6) is -2.48. The van der Waals surface area contributed by atoms with Crippen LogP contribution >= 0.6 is 11.6 Å². The zero-order valence-electron chi connectivity index (χ0n) is 16.5. The molecule has 31 heavy (non-hydrogen) atoms. The van der Waals surface area contributed by atoms with Crippen LogP contribution in [0.2, 0.25) is 5.15 Å². The molecule has 164 valence electrons. The highest BCUT2D eigenvalue weighted by Crippen LogP contribution is 2.48. The number of hydrogen-bond donors (Lipinski definition) is 1. The summed E-state index contributed by atoms with van der Waals surface area (Å²) in [7, 11) is 0. The molecule has 0 saturated heterocycles. The molecular formula is C22H19ClF5N3. The maximum atomic E-state index is 13.1. The minimum Gasteiger partial charge on any atom is -0.340 e. The monoisotopic (exact) mass is 455 g/mol. The van der Waals surface area contributed by atoms with Gasteiger partial charge in [-0.25, -0.2) is 13.8 Å². The third-order valence-corrected chi connectivity index (χ3v) is 5.86. The molecule has 3 aromatic rings. The van der Waals surface area contributed by atoms with Gasteiger partial charge in [-0.15, -0.1) is 0 Å². The Kier molecular flexibility index (Phi) is 5.54. The minimum atomic E-state index is -4.40. The van der Waals surface area contributed by atoms with Gasteiger partial charge in [0.15, 0.2) is 5.15 Å². The molecule has 1 N–H and O–H groups in total. The number of halogens is 6. The topological polar surface area (TPSA) is 41.6 Å². The van der Waals surface area contributed by atoms with Gasteiger partial charge in [0.1, 0.15) is 5.82 Å². The fourth-order valence-electron chi connectivity index (χ4n) is 3.74. The quantitative estimate of drug-likeness (QED) is 0.432. The zero-order chi connectivity index (χ0) is 22.4. The third kappa shape index (κ3) is 4.74. The average Bonchev–Trinajstić information content (AvgIpc) is 3.06. The molecular weight excluding hydrogens is 437 g/mol. The van der Waals surface area contributed by atoms with Crippen molar-refractivity contribution in [3.8, 4) is 11.3 Å². The first-order chi connectivity index (χ1) is 14.5. The molecule has 0 amide bonds. The van der Waals surface area contributed by atoms with E-state index in [1.165, 1.54) is 6.07 Å². The fraction of sp³-hybridized carbons (Fsp3) is 0.364. The molecule has 2 heterocycles. The second-order valence-corrected chi connectivity index (χ2v) is 8.28. The molecule has 1 aliphatic carbocycles. The number of benzene rings is 1. The van der Waals surface area contributed by atoms with E-state index in [1.807, 2.05) is 25.1 Å². The van der Waals surface area contributed by atoms with Crippen LogP contribution in [0, 0.1) is 6.92 Å². The van der Waals surface area contributed by atoms with Crippen molar-refractivity contribution in [3.63, 3.8) is 0 Å². The van der Waals surface area contributed by atoms with Crippen LogP contribution in [0.1, 0.15) is 47.0 Å². The molecule has 1 fully saturated rings. The molecule has 3 nitrogen and oxygen atoms in total. The fourth-order valence-corrected chi connectivity index (χ4v) is 3.99. The molecule has 0 atom stereocenters. The Morgan fingerprint density at radius 3 is 2.45 bits per heavy atom. The van der Waals surface area contributed by atoms with E-state index in [1.54, 1.807) is 0 Å². The number of aromatic amines is 1. The first-order valence-electron chi connectivity index (χ1n) is 9.77. The van der Waals surface area contributed by atoms with Crippen molar-refractivity contribution < 1.29 is 22.0 Å². The van der Waals surface area contributed by atoms with Crippen LogP contribution < -0.4 is 0 Å². The molecule has 0 radical (unpaired) electrons. The molecule has 1 saturated carbocycles. The Hall–Kier alpha value is -2.48. The average molecular weight is 456 g/mol. The van der Waals surface area contributed by atoms with Gasteiger partial charge in [-0.05, 0) is 49.1 Å². The largest absolute Gasteiger partial charge is 0.417 e. The van der Waals surface area contributed by atoms with Crippen molar-refractivity contribution in [2.24, 2.45) is 0 Å². The SMILES string of the molecule is Cc1cc(-c2[nH]c(C3CC(F)(F)C3)nc2Cl)ccc1CCc1ccc(C(F)(F)F)cn1. The number of hydrogen-bond acceptors (Lipinski definition) is 2. The van der Waals surface area contributed by atoms with Gasteiger partial charge in [0.2, 0.25) is 5.92 Å². The van der Waals surface area contributed by atoms with Crippen LogP contribution in [-0.2, 0) is 19.0 Å². The molecule has 0 unspecified atom stereocenters. The summed E-state index contributed by atoms with van der Waals surface area (Å²) in [5, 5.41) is 0.242. The summed E-state index contributed by atoms with van der Waals surface area (Å²) in [6, 6.07) is 8.13. The molecule has 0 aliphatic heterocycles. The molecule has 0 spiro atoms. The van der Waals surface area contributed by atoms with Crippen molar-refractivity contribution in [2.75, 3.05) is 0 Å². The van der Waals surface area contributed by atoms with Gasteiger partial charge < -0.3 is 4.98 Å². The van der Waals surface area contributed by atoms with Crippen LogP contribution in [0.15, 0.2) is 36.5 Å². The van der Waals surface area contributed by atoms with Crippen LogP contribution in [0.5, 0.6) is 0 Å². The number of aryl methyl sites for hydroxylation is 3. The summed E-state index contributed by atoms with van der Waals surface area (Å²) in [6.45, 7) is 1.93. The first kappa shape index (κ1) is 21.7. The highest BCUT2D eigenvalue weighted by atomic mass is 35.5. The first-order valence-corrected chi connectivity index (χ1v) is 10.1. The van der Waals surface area contributed by atoms with Crippen molar-refractivity contribution in [3.05, 3.63) is 69.9 Å². The highest BCUT2D eigenvalue weighted by Gasteiger charge is 2.47. The van der Waals surface area contributed by atoms with Gasteiger partial charge in [-0.3, -0.25) is 4.98 Å². The molecule has 0 bridgehead atoms. The van der Waals surface area contributed by atoms with Crippen LogP contribution in [-0.4, -0.2) is 20.9 Å². The van der Waals surface area contributed by atoms with E-state index in [2.05, 4.69) is 15.0 Å². The van der Waals surface area contributed by atoms with Crippen LogP contribution in [0.4, 0.5) is 22.0 Å². The van der Waals surface area contributed by atoms with Crippen LogP contribution in [0.3, 0.4) is 0 Å². The summed E-state index contributed by atoms with van der Waals surface area (Å²) >= 11 is 6.24. The second kappa shape index (κ2) is 7.89. The second-order valence-electron chi connectivity index (χ2n) is 7.93. The summed E-state index contributed by atoms with van der Waals surface area (Å²) in [4.78, 5) is 11.2. The Morgan fingerprint density at radius 1 is 1.13 bits per heavy atom. The van der Waals surface area contributed by atoms with Gasteiger partial charge in [0.25, 0.3) is 0 Å². The van der Waals surface area contributed by atoms with Crippen molar-refractivity contribution in [1.82, 2.24) is 15.0 Å². The van der Waals surface area contributed by atoms with Gasteiger partial charge in [0.05, 0.1) is 11.3 Å². The molecule has 1 aromatic carbocycles. The molecule has 1 aliphatic rings. The van der Waals surface area contributed by atoms with Gasteiger partial charge in [-0.2, -0.15) is 13.2 Å². The Bertz CT molecular complexity index is 1080. The van der Waals surface area contributed by atoms with E-state index >= 15 is 0 Å². The van der Waals surface area contributed by atoms with Gasteiger partial charge in [0, 0.05) is 36.2 Å². The lowest BCUT2D eigenvalue weighted by molar-refractivity contribution is -0.137. The summed E-state index contributed by atoms with van der Waals surface area (Å²) in [5.41, 5.74) is 3.20. The molecule has 2 aromatic heterocycles. The van der Waals surface area contributed by atoms with E-state index in [0.29, 0.717) is 30.1 Å². The number of nitrogens with one attached hydrogen (secondary N) is 1. The lowest BCUT2D eigenvalue weighted by Crippen LogP contribution is -2.34. The number of pyridine rings is 1. The van der Waals surface area contributed by atoms with E-state index in [-0.39, 0.29) is 23.9 Å². The number of aromatic nitrogens is 3.